The van der Waals surface area contributed by atoms with Crippen LogP contribution in [0.1, 0.15) is 21.5 Å². The van der Waals surface area contributed by atoms with E-state index in [-0.39, 0.29) is 5.91 Å². The van der Waals surface area contributed by atoms with Gasteiger partial charge in [0.25, 0.3) is 5.91 Å². The summed E-state index contributed by atoms with van der Waals surface area (Å²) in [5.74, 6) is 0.824. The molecule has 1 amide bonds. The molecule has 1 aromatic heterocycles. The van der Waals surface area contributed by atoms with Crippen molar-refractivity contribution in [2.75, 3.05) is 10.6 Å². The quantitative estimate of drug-likeness (QED) is 0.760. The van der Waals surface area contributed by atoms with Crippen molar-refractivity contribution in [2.45, 2.75) is 13.8 Å². The molecule has 0 spiro atoms. The largest absolute Gasteiger partial charge is 0.339 e. The van der Waals surface area contributed by atoms with Crippen LogP contribution in [-0.4, -0.2) is 16.1 Å². The first-order valence-corrected chi connectivity index (χ1v) is 7.66. The van der Waals surface area contributed by atoms with Crippen LogP contribution in [0.2, 0.25) is 0 Å². The Morgan fingerprint density at radius 2 is 1.54 bits per heavy atom. The molecule has 2 N–H and O–H groups in total. The average molecular weight is 318 g/mol. The van der Waals surface area contributed by atoms with Crippen molar-refractivity contribution in [3.8, 4) is 0 Å². The van der Waals surface area contributed by atoms with Gasteiger partial charge in [-0.3, -0.25) is 4.79 Å². The third kappa shape index (κ3) is 3.76. The summed E-state index contributed by atoms with van der Waals surface area (Å²) in [6.07, 6.45) is 0. The second-order valence-electron chi connectivity index (χ2n) is 5.55. The van der Waals surface area contributed by atoms with E-state index < -0.39 is 0 Å². The summed E-state index contributed by atoms with van der Waals surface area (Å²) in [4.78, 5) is 12.1. The number of anilines is 3. The van der Waals surface area contributed by atoms with Gasteiger partial charge in [0.15, 0.2) is 11.6 Å². The molecule has 120 valence electrons. The molecule has 5 nitrogen and oxygen atoms in total. The molecular weight excluding hydrogens is 300 g/mol. The summed E-state index contributed by atoms with van der Waals surface area (Å²) in [6.45, 7) is 4.14. The van der Waals surface area contributed by atoms with Crippen molar-refractivity contribution in [3.63, 3.8) is 0 Å². The molecule has 0 aliphatic rings. The minimum Gasteiger partial charge on any atom is -0.339 e. The van der Waals surface area contributed by atoms with Gasteiger partial charge in [0.2, 0.25) is 0 Å². The minimum absolute atomic E-state index is 0.209. The van der Waals surface area contributed by atoms with E-state index in [1.54, 1.807) is 24.3 Å². The van der Waals surface area contributed by atoms with Crippen LogP contribution < -0.4 is 10.6 Å². The highest BCUT2D eigenvalue weighted by atomic mass is 16.1. The van der Waals surface area contributed by atoms with Crippen molar-refractivity contribution >= 4 is 23.2 Å². The van der Waals surface area contributed by atoms with E-state index in [1.165, 1.54) is 11.1 Å². The number of carbonyl (C=O) groups is 1. The number of aromatic nitrogens is 2. The van der Waals surface area contributed by atoms with E-state index in [0.717, 1.165) is 5.69 Å². The number of amides is 1. The first-order valence-electron chi connectivity index (χ1n) is 7.66. The molecule has 2 aromatic carbocycles. The lowest BCUT2D eigenvalue weighted by Crippen LogP contribution is -2.13. The molecule has 5 heteroatoms. The topological polar surface area (TPSA) is 66.9 Å². The van der Waals surface area contributed by atoms with Crippen molar-refractivity contribution < 1.29 is 4.79 Å². The van der Waals surface area contributed by atoms with Crippen LogP contribution >= 0.6 is 0 Å². The Labute approximate surface area is 140 Å². The molecule has 24 heavy (non-hydrogen) atoms. The Morgan fingerprint density at radius 3 is 2.21 bits per heavy atom. The van der Waals surface area contributed by atoms with Gasteiger partial charge in [-0.05, 0) is 61.4 Å². The average Bonchev–Trinajstić information content (AvgIpc) is 2.61. The number of rotatable bonds is 4. The first-order chi connectivity index (χ1) is 11.6. The SMILES string of the molecule is Cc1ccc(Nc2ccc(NC(=O)c3ccccc3)nn2)cc1C. The van der Waals surface area contributed by atoms with Gasteiger partial charge in [-0.15, -0.1) is 10.2 Å². The minimum atomic E-state index is -0.209. The smallest absolute Gasteiger partial charge is 0.256 e. The second kappa shape index (κ2) is 6.91. The third-order valence-electron chi connectivity index (χ3n) is 3.72. The van der Waals surface area contributed by atoms with Gasteiger partial charge in [0, 0.05) is 11.3 Å². The van der Waals surface area contributed by atoms with E-state index in [9.17, 15) is 4.79 Å². The fourth-order valence-corrected chi connectivity index (χ4v) is 2.21. The normalized spacial score (nSPS) is 10.2. The highest BCUT2D eigenvalue weighted by Gasteiger charge is 2.06. The molecule has 3 rings (SSSR count). The predicted octanol–water partition coefficient (Wildman–Crippen LogP) is 4.09. The maximum absolute atomic E-state index is 12.1. The zero-order chi connectivity index (χ0) is 16.9. The summed E-state index contributed by atoms with van der Waals surface area (Å²) in [5.41, 5.74) is 3.98. The van der Waals surface area contributed by atoms with Crippen molar-refractivity contribution in [2.24, 2.45) is 0 Å². The monoisotopic (exact) mass is 318 g/mol. The number of aryl methyl sites for hydroxylation is 2. The highest BCUT2D eigenvalue weighted by molar-refractivity contribution is 6.03. The molecular formula is C19H18N4O. The van der Waals surface area contributed by atoms with Gasteiger partial charge in [-0.25, -0.2) is 0 Å². The lowest BCUT2D eigenvalue weighted by molar-refractivity contribution is 0.102. The number of hydrogen-bond donors (Lipinski definition) is 2. The lowest BCUT2D eigenvalue weighted by atomic mass is 10.1. The Hall–Kier alpha value is -3.21. The van der Waals surface area contributed by atoms with E-state index in [1.807, 2.05) is 24.3 Å². The molecule has 0 atom stereocenters. The number of benzene rings is 2. The van der Waals surface area contributed by atoms with Crippen LogP contribution in [0, 0.1) is 13.8 Å². The van der Waals surface area contributed by atoms with E-state index in [4.69, 9.17) is 0 Å². The highest BCUT2D eigenvalue weighted by Crippen LogP contribution is 2.18. The van der Waals surface area contributed by atoms with Crippen LogP contribution in [-0.2, 0) is 0 Å². The van der Waals surface area contributed by atoms with E-state index in [2.05, 4.69) is 46.8 Å². The summed E-state index contributed by atoms with van der Waals surface area (Å²) >= 11 is 0. The second-order valence-corrected chi connectivity index (χ2v) is 5.55. The van der Waals surface area contributed by atoms with Crippen LogP contribution in [0.25, 0.3) is 0 Å². The fraction of sp³-hybridized carbons (Fsp3) is 0.105. The van der Waals surface area contributed by atoms with Crippen LogP contribution in [0.3, 0.4) is 0 Å². The standard InChI is InChI=1S/C19H18N4O/c1-13-8-9-16(12-14(13)2)20-17-10-11-18(23-22-17)21-19(24)15-6-4-3-5-7-15/h3-12H,1-2H3,(H,20,22)(H,21,23,24). The van der Waals surface area contributed by atoms with Gasteiger partial charge in [-0.2, -0.15) is 0 Å². The van der Waals surface area contributed by atoms with Crippen LogP contribution in [0.4, 0.5) is 17.3 Å². The van der Waals surface area contributed by atoms with Gasteiger partial charge in [-0.1, -0.05) is 24.3 Å². The summed E-state index contributed by atoms with van der Waals surface area (Å²) in [7, 11) is 0. The molecule has 0 radical (unpaired) electrons. The number of nitrogens with zero attached hydrogens (tertiary/aromatic N) is 2. The molecule has 1 heterocycles. The molecule has 0 fully saturated rings. The summed E-state index contributed by atoms with van der Waals surface area (Å²) < 4.78 is 0. The third-order valence-corrected chi connectivity index (χ3v) is 3.72. The van der Waals surface area contributed by atoms with E-state index >= 15 is 0 Å². The Balaban J connectivity index is 1.67. The van der Waals surface area contributed by atoms with Crippen LogP contribution in [0.5, 0.6) is 0 Å². The van der Waals surface area contributed by atoms with Crippen LogP contribution in [0.15, 0.2) is 60.7 Å². The molecule has 0 unspecified atom stereocenters. The Bertz CT molecular complexity index is 845. The van der Waals surface area contributed by atoms with E-state index in [0.29, 0.717) is 17.2 Å². The summed E-state index contributed by atoms with van der Waals surface area (Å²) in [5, 5.41) is 14.1. The number of hydrogen-bond acceptors (Lipinski definition) is 4. The number of carbonyl (C=O) groups excluding carboxylic acids is 1. The Morgan fingerprint density at radius 1 is 0.833 bits per heavy atom. The molecule has 0 aliphatic heterocycles. The van der Waals surface area contributed by atoms with Gasteiger partial charge >= 0.3 is 0 Å². The van der Waals surface area contributed by atoms with Crippen molar-refractivity contribution in [1.29, 1.82) is 0 Å². The molecule has 3 aromatic rings. The maximum Gasteiger partial charge on any atom is 0.256 e. The Kier molecular flexibility index (Phi) is 4.52. The molecule has 0 bridgehead atoms. The summed E-state index contributed by atoms with van der Waals surface area (Å²) in [6, 6.07) is 18.6. The van der Waals surface area contributed by atoms with Crippen molar-refractivity contribution in [3.05, 3.63) is 77.4 Å². The van der Waals surface area contributed by atoms with Gasteiger partial charge in [0.05, 0.1) is 0 Å². The van der Waals surface area contributed by atoms with Crippen molar-refractivity contribution in [1.82, 2.24) is 10.2 Å². The van der Waals surface area contributed by atoms with Gasteiger partial charge in [0.1, 0.15) is 0 Å². The van der Waals surface area contributed by atoms with Gasteiger partial charge < -0.3 is 10.6 Å². The first kappa shape index (κ1) is 15.7. The molecule has 0 saturated carbocycles. The zero-order valence-corrected chi connectivity index (χ0v) is 13.6. The zero-order valence-electron chi connectivity index (χ0n) is 13.6. The number of nitrogens with one attached hydrogen (secondary N) is 2. The molecule has 0 saturated heterocycles. The maximum atomic E-state index is 12.1. The predicted molar refractivity (Wildman–Crippen MR) is 95.6 cm³/mol. The fourth-order valence-electron chi connectivity index (χ4n) is 2.21. The lowest BCUT2D eigenvalue weighted by Gasteiger charge is -2.08. The molecule has 0 aliphatic carbocycles.